The van der Waals surface area contributed by atoms with E-state index in [4.69, 9.17) is 4.74 Å². The second-order valence-electron chi connectivity index (χ2n) is 9.82. The summed E-state index contributed by atoms with van der Waals surface area (Å²) >= 11 is 0. The fourth-order valence-electron chi connectivity index (χ4n) is 3.60. The summed E-state index contributed by atoms with van der Waals surface area (Å²) in [7, 11) is 0. The van der Waals surface area contributed by atoms with Crippen molar-refractivity contribution >= 4 is 17.9 Å². The number of carbonyl (C=O) groups excluding carboxylic acids is 3. The molecule has 0 aliphatic carbocycles. The standard InChI is InChI=1S/C25H41N3O6/c1-8-10-17(4)26-22(31)21(18-11-9-12-19(30)15-18)28(13-14-29)23(32)20(16(2)3)27-24(33)34-25(5,6)7/h9,11-12,15-17,20-21,29-30H,8,10,13-14H2,1-7H3,(H,26,31)(H,27,33). The van der Waals surface area contributed by atoms with Crippen LogP contribution in [0.5, 0.6) is 5.75 Å². The van der Waals surface area contributed by atoms with Gasteiger partial charge >= 0.3 is 6.09 Å². The maximum atomic E-state index is 13.7. The number of phenols is 1. The number of aliphatic hydroxyl groups is 1. The van der Waals surface area contributed by atoms with Crippen molar-refractivity contribution < 1.29 is 29.3 Å². The molecule has 0 spiro atoms. The zero-order chi connectivity index (χ0) is 26.1. The number of benzene rings is 1. The molecule has 3 atom stereocenters. The van der Waals surface area contributed by atoms with Gasteiger partial charge in [0.05, 0.1) is 6.61 Å². The number of aromatic hydroxyl groups is 1. The number of nitrogens with zero attached hydrogens (tertiary/aromatic N) is 1. The molecule has 3 amide bonds. The Balaban J connectivity index is 3.39. The highest BCUT2D eigenvalue weighted by molar-refractivity contribution is 5.92. The van der Waals surface area contributed by atoms with E-state index < -0.39 is 42.2 Å². The van der Waals surface area contributed by atoms with Crippen molar-refractivity contribution in [1.82, 2.24) is 15.5 Å². The number of hydrogen-bond donors (Lipinski definition) is 4. The van der Waals surface area contributed by atoms with Gasteiger partial charge in [-0.2, -0.15) is 0 Å². The minimum atomic E-state index is -1.12. The third kappa shape index (κ3) is 9.21. The molecule has 192 valence electrons. The number of carbonyl (C=O) groups is 3. The molecule has 0 saturated carbocycles. The minimum absolute atomic E-state index is 0.0550. The second kappa shape index (κ2) is 13.2. The van der Waals surface area contributed by atoms with E-state index in [2.05, 4.69) is 10.6 Å². The normalized spacial score (nSPS) is 14.1. The van der Waals surface area contributed by atoms with Crippen molar-refractivity contribution in [3.8, 4) is 5.75 Å². The van der Waals surface area contributed by atoms with Gasteiger partial charge in [0.25, 0.3) is 0 Å². The van der Waals surface area contributed by atoms with Crippen LogP contribution in [0.4, 0.5) is 4.79 Å². The SMILES string of the molecule is CCCC(C)NC(=O)C(c1cccc(O)c1)N(CCO)C(=O)C(NC(=O)OC(C)(C)C)C(C)C. The van der Waals surface area contributed by atoms with Gasteiger partial charge in [0.1, 0.15) is 23.4 Å². The third-order valence-electron chi connectivity index (χ3n) is 5.09. The highest BCUT2D eigenvalue weighted by atomic mass is 16.6. The van der Waals surface area contributed by atoms with Gasteiger partial charge in [-0.3, -0.25) is 9.59 Å². The maximum Gasteiger partial charge on any atom is 0.408 e. The van der Waals surface area contributed by atoms with Crippen molar-refractivity contribution in [2.24, 2.45) is 5.92 Å². The van der Waals surface area contributed by atoms with E-state index in [-0.39, 0.29) is 24.3 Å². The van der Waals surface area contributed by atoms with Crippen molar-refractivity contribution in [1.29, 1.82) is 0 Å². The molecule has 0 fully saturated rings. The summed E-state index contributed by atoms with van der Waals surface area (Å²) in [6, 6.07) is 3.85. The summed E-state index contributed by atoms with van der Waals surface area (Å²) < 4.78 is 5.31. The fourth-order valence-corrected chi connectivity index (χ4v) is 3.60. The molecule has 4 N–H and O–H groups in total. The van der Waals surface area contributed by atoms with Gasteiger partial charge in [0, 0.05) is 12.6 Å². The lowest BCUT2D eigenvalue weighted by Gasteiger charge is -2.35. The highest BCUT2D eigenvalue weighted by Gasteiger charge is 2.37. The maximum absolute atomic E-state index is 13.7. The number of ether oxygens (including phenoxy) is 1. The Labute approximate surface area is 202 Å². The van der Waals surface area contributed by atoms with Crippen LogP contribution in [0.1, 0.15) is 72.9 Å². The summed E-state index contributed by atoms with van der Waals surface area (Å²) in [5.74, 6) is -1.36. The molecule has 0 aliphatic heterocycles. The Hall–Kier alpha value is -2.81. The van der Waals surface area contributed by atoms with Crippen LogP contribution in [-0.4, -0.2) is 63.9 Å². The van der Waals surface area contributed by atoms with Gasteiger partial charge in [0.15, 0.2) is 0 Å². The van der Waals surface area contributed by atoms with Crippen LogP contribution in [0.3, 0.4) is 0 Å². The van der Waals surface area contributed by atoms with E-state index in [0.29, 0.717) is 5.56 Å². The molecule has 9 nitrogen and oxygen atoms in total. The summed E-state index contributed by atoms with van der Waals surface area (Å²) in [5.41, 5.74) is -0.360. The first kappa shape index (κ1) is 29.2. The number of phenolic OH excluding ortho intramolecular Hbond substituents is 1. The average Bonchev–Trinajstić information content (AvgIpc) is 2.70. The summed E-state index contributed by atoms with van der Waals surface area (Å²) in [5, 5.41) is 25.3. The van der Waals surface area contributed by atoms with Gasteiger partial charge in [0.2, 0.25) is 11.8 Å². The van der Waals surface area contributed by atoms with E-state index in [1.807, 2.05) is 13.8 Å². The highest BCUT2D eigenvalue weighted by Crippen LogP contribution is 2.26. The molecule has 0 bridgehead atoms. The van der Waals surface area contributed by atoms with Gasteiger partial charge < -0.3 is 30.5 Å². The molecule has 3 unspecified atom stereocenters. The predicted molar refractivity (Wildman–Crippen MR) is 130 cm³/mol. The first-order valence-corrected chi connectivity index (χ1v) is 11.8. The zero-order valence-corrected chi connectivity index (χ0v) is 21.4. The van der Waals surface area contributed by atoms with Crippen LogP contribution in [0.15, 0.2) is 24.3 Å². The first-order chi connectivity index (χ1) is 15.8. The Morgan fingerprint density at radius 3 is 2.26 bits per heavy atom. The molecule has 1 aromatic rings. The third-order valence-corrected chi connectivity index (χ3v) is 5.09. The summed E-state index contributed by atoms with van der Waals surface area (Å²) in [4.78, 5) is 40.7. The second-order valence-corrected chi connectivity index (χ2v) is 9.82. The number of nitrogens with one attached hydrogen (secondary N) is 2. The molecule has 1 aromatic carbocycles. The summed E-state index contributed by atoms with van der Waals surface area (Å²) in [6.45, 7) is 12.0. The van der Waals surface area contributed by atoms with Gasteiger partial charge in [-0.25, -0.2) is 4.79 Å². The lowest BCUT2D eigenvalue weighted by atomic mass is 9.98. The van der Waals surface area contributed by atoms with Crippen LogP contribution in [0.25, 0.3) is 0 Å². The van der Waals surface area contributed by atoms with E-state index in [1.165, 1.54) is 17.0 Å². The Morgan fingerprint density at radius 1 is 1.12 bits per heavy atom. The number of alkyl carbamates (subject to hydrolysis) is 1. The molecule has 0 aromatic heterocycles. The van der Waals surface area contributed by atoms with Gasteiger partial charge in [-0.05, 0) is 57.7 Å². The Bertz CT molecular complexity index is 821. The van der Waals surface area contributed by atoms with Crippen molar-refractivity contribution in [2.45, 2.75) is 85.0 Å². The number of rotatable bonds is 11. The van der Waals surface area contributed by atoms with Crippen LogP contribution >= 0.6 is 0 Å². The first-order valence-electron chi connectivity index (χ1n) is 11.8. The molecule has 0 saturated heterocycles. The van der Waals surface area contributed by atoms with E-state index in [9.17, 15) is 24.6 Å². The van der Waals surface area contributed by atoms with Crippen LogP contribution < -0.4 is 10.6 Å². The molecule has 9 heteroatoms. The molecule has 1 rings (SSSR count). The molecule has 34 heavy (non-hydrogen) atoms. The molecular weight excluding hydrogens is 438 g/mol. The topological polar surface area (TPSA) is 128 Å². The number of amides is 3. The van der Waals surface area contributed by atoms with Gasteiger partial charge in [-0.15, -0.1) is 0 Å². The monoisotopic (exact) mass is 479 g/mol. The van der Waals surface area contributed by atoms with Crippen LogP contribution in [-0.2, 0) is 14.3 Å². The lowest BCUT2D eigenvalue weighted by Crippen LogP contribution is -2.55. The van der Waals surface area contributed by atoms with Crippen LogP contribution in [0, 0.1) is 5.92 Å². The van der Waals surface area contributed by atoms with Gasteiger partial charge in [-0.1, -0.05) is 39.3 Å². The fraction of sp³-hybridized carbons (Fsp3) is 0.640. The number of aliphatic hydroxyl groups excluding tert-OH is 1. The largest absolute Gasteiger partial charge is 0.508 e. The van der Waals surface area contributed by atoms with E-state index in [1.54, 1.807) is 46.8 Å². The minimum Gasteiger partial charge on any atom is -0.508 e. The van der Waals surface area contributed by atoms with Crippen LogP contribution in [0.2, 0.25) is 0 Å². The molecule has 0 aliphatic rings. The summed E-state index contributed by atoms with van der Waals surface area (Å²) in [6.07, 6.45) is 0.868. The number of hydrogen-bond acceptors (Lipinski definition) is 6. The molecule has 0 radical (unpaired) electrons. The van der Waals surface area contributed by atoms with E-state index in [0.717, 1.165) is 12.8 Å². The zero-order valence-electron chi connectivity index (χ0n) is 21.4. The molecule has 0 heterocycles. The van der Waals surface area contributed by atoms with Crippen molar-refractivity contribution in [3.63, 3.8) is 0 Å². The Kier molecular flexibility index (Phi) is 11.3. The van der Waals surface area contributed by atoms with E-state index >= 15 is 0 Å². The molecular formula is C25H41N3O6. The van der Waals surface area contributed by atoms with Crippen molar-refractivity contribution in [2.75, 3.05) is 13.2 Å². The quantitative estimate of drug-likeness (QED) is 0.386. The average molecular weight is 480 g/mol. The predicted octanol–water partition coefficient (Wildman–Crippen LogP) is 3.11. The lowest BCUT2D eigenvalue weighted by molar-refractivity contribution is -0.144. The van der Waals surface area contributed by atoms with Crippen molar-refractivity contribution in [3.05, 3.63) is 29.8 Å². The Morgan fingerprint density at radius 2 is 1.76 bits per heavy atom. The smallest absolute Gasteiger partial charge is 0.408 e.